The number of rotatable bonds is 6. The Kier molecular flexibility index (Phi) is 6.57. The molecule has 11 heavy (non-hydrogen) atoms. The van der Waals surface area contributed by atoms with Gasteiger partial charge in [0.25, 0.3) is 0 Å². The third-order valence-corrected chi connectivity index (χ3v) is 1.82. The van der Waals surface area contributed by atoms with E-state index in [0.29, 0.717) is 12.1 Å². The summed E-state index contributed by atoms with van der Waals surface area (Å²) in [6.45, 7) is 10.3. The van der Waals surface area contributed by atoms with Crippen LogP contribution in [0.3, 0.4) is 0 Å². The highest BCUT2D eigenvalue weighted by Crippen LogP contribution is 1.91. The molecule has 0 aromatic rings. The van der Waals surface area contributed by atoms with E-state index < -0.39 is 0 Å². The fourth-order valence-electron chi connectivity index (χ4n) is 0.855. The Labute approximate surface area is 70.3 Å². The first-order valence-electron chi connectivity index (χ1n) is 4.55. The van der Waals surface area contributed by atoms with Gasteiger partial charge in [-0.25, -0.2) is 0 Å². The molecule has 0 aliphatic heterocycles. The van der Waals surface area contributed by atoms with E-state index in [1.165, 1.54) is 6.42 Å². The van der Waals surface area contributed by atoms with Crippen LogP contribution in [-0.4, -0.2) is 25.3 Å². The van der Waals surface area contributed by atoms with E-state index in [4.69, 9.17) is 4.74 Å². The lowest BCUT2D eigenvalue weighted by Crippen LogP contribution is -2.33. The van der Waals surface area contributed by atoms with Crippen molar-refractivity contribution in [3.05, 3.63) is 0 Å². The number of nitrogens with one attached hydrogen (secondary N) is 1. The molecule has 0 spiro atoms. The first-order chi connectivity index (χ1) is 5.20. The Hall–Kier alpha value is -0.0800. The number of hydrogen-bond acceptors (Lipinski definition) is 2. The summed E-state index contributed by atoms with van der Waals surface area (Å²) < 4.78 is 5.37. The van der Waals surface area contributed by atoms with E-state index in [1.807, 2.05) is 6.92 Å². The fourth-order valence-corrected chi connectivity index (χ4v) is 0.855. The van der Waals surface area contributed by atoms with Gasteiger partial charge in [-0.15, -0.1) is 0 Å². The molecular formula is C9H21NO. The molecule has 2 nitrogen and oxygen atoms in total. The number of ether oxygens (including phenoxy) is 1. The third-order valence-electron chi connectivity index (χ3n) is 1.82. The number of hydrogen-bond donors (Lipinski definition) is 1. The molecule has 0 aliphatic carbocycles. The Bertz CT molecular complexity index is 85.6. The van der Waals surface area contributed by atoms with Gasteiger partial charge in [0.1, 0.15) is 0 Å². The molecule has 0 aromatic heterocycles. The molecule has 1 N–H and O–H groups in total. The minimum absolute atomic E-state index is 0.342. The van der Waals surface area contributed by atoms with Gasteiger partial charge in [-0.05, 0) is 27.2 Å². The van der Waals surface area contributed by atoms with Gasteiger partial charge in [-0.2, -0.15) is 0 Å². The first-order valence-corrected chi connectivity index (χ1v) is 4.55. The standard InChI is InChI=1S/C9H21NO/c1-5-8(3)10-7-9(4)11-6-2/h8-10H,5-7H2,1-4H3. The van der Waals surface area contributed by atoms with Crippen molar-refractivity contribution in [2.75, 3.05) is 13.2 Å². The van der Waals surface area contributed by atoms with Crippen molar-refractivity contribution < 1.29 is 4.74 Å². The summed E-state index contributed by atoms with van der Waals surface area (Å²) in [7, 11) is 0. The highest BCUT2D eigenvalue weighted by molar-refractivity contribution is 4.61. The summed E-state index contributed by atoms with van der Waals surface area (Å²) in [6, 6.07) is 0.609. The van der Waals surface area contributed by atoms with E-state index in [2.05, 4.69) is 26.1 Å². The normalized spacial score (nSPS) is 16.4. The maximum atomic E-state index is 5.37. The second-order valence-corrected chi connectivity index (χ2v) is 2.98. The topological polar surface area (TPSA) is 21.3 Å². The van der Waals surface area contributed by atoms with Gasteiger partial charge < -0.3 is 10.1 Å². The molecule has 0 rings (SSSR count). The zero-order valence-corrected chi connectivity index (χ0v) is 8.18. The molecule has 0 aliphatic rings. The van der Waals surface area contributed by atoms with Gasteiger partial charge in [0, 0.05) is 19.2 Å². The molecule has 68 valence electrons. The third kappa shape index (κ3) is 6.32. The van der Waals surface area contributed by atoms with Crippen LogP contribution in [0.2, 0.25) is 0 Å². The Morgan fingerprint density at radius 1 is 1.27 bits per heavy atom. The Balaban J connectivity index is 3.22. The molecule has 2 unspecified atom stereocenters. The maximum Gasteiger partial charge on any atom is 0.0671 e. The average Bonchev–Trinajstić information content (AvgIpc) is 2.01. The van der Waals surface area contributed by atoms with Crippen LogP contribution in [0.25, 0.3) is 0 Å². The molecule has 0 saturated carbocycles. The Morgan fingerprint density at radius 3 is 2.36 bits per heavy atom. The van der Waals surface area contributed by atoms with Gasteiger partial charge >= 0.3 is 0 Å². The predicted molar refractivity (Wildman–Crippen MR) is 48.8 cm³/mol. The van der Waals surface area contributed by atoms with Crippen LogP contribution < -0.4 is 5.32 Å². The second-order valence-electron chi connectivity index (χ2n) is 2.98. The van der Waals surface area contributed by atoms with Crippen LogP contribution in [0.5, 0.6) is 0 Å². The molecule has 0 amide bonds. The summed E-state index contributed by atoms with van der Waals surface area (Å²) in [5, 5.41) is 3.39. The van der Waals surface area contributed by atoms with Crippen LogP contribution in [0, 0.1) is 0 Å². The first kappa shape index (κ1) is 10.9. The van der Waals surface area contributed by atoms with Crippen molar-refractivity contribution in [1.82, 2.24) is 5.32 Å². The highest BCUT2D eigenvalue weighted by atomic mass is 16.5. The van der Waals surface area contributed by atoms with Crippen LogP contribution in [-0.2, 0) is 4.74 Å². The predicted octanol–water partition coefficient (Wildman–Crippen LogP) is 1.80. The summed E-state index contributed by atoms with van der Waals surface area (Å²) in [5.41, 5.74) is 0. The van der Waals surface area contributed by atoms with Gasteiger partial charge in [0.05, 0.1) is 6.10 Å². The van der Waals surface area contributed by atoms with Crippen molar-refractivity contribution in [3.8, 4) is 0 Å². The second kappa shape index (κ2) is 6.62. The molecule has 0 aromatic carbocycles. The van der Waals surface area contributed by atoms with Gasteiger partial charge in [-0.3, -0.25) is 0 Å². The minimum Gasteiger partial charge on any atom is -0.377 e. The minimum atomic E-state index is 0.342. The quantitative estimate of drug-likeness (QED) is 0.638. The summed E-state index contributed by atoms with van der Waals surface area (Å²) in [4.78, 5) is 0. The smallest absolute Gasteiger partial charge is 0.0671 e. The highest BCUT2D eigenvalue weighted by Gasteiger charge is 2.02. The van der Waals surface area contributed by atoms with Crippen molar-refractivity contribution in [2.24, 2.45) is 0 Å². The molecule has 0 bridgehead atoms. The lowest BCUT2D eigenvalue weighted by atomic mass is 10.2. The summed E-state index contributed by atoms with van der Waals surface area (Å²) in [5.74, 6) is 0. The molecule has 0 heterocycles. The lowest BCUT2D eigenvalue weighted by molar-refractivity contribution is 0.0742. The average molecular weight is 159 g/mol. The zero-order valence-electron chi connectivity index (χ0n) is 8.18. The zero-order chi connectivity index (χ0) is 8.69. The molecular weight excluding hydrogens is 138 g/mol. The van der Waals surface area contributed by atoms with E-state index in [0.717, 1.165) is 13.2 Å². The fraction of sp³-hybridized carbons (Fsp3) is 1.00. The van der Waals surface area contributed by atoms with Crippen molar-refractivity contribution >= 4 is 0 Å². The SMILES string of the molecule is CCOC(C)CNC(C)CC. The van der Waals surface area contributed by atoms with Crippen molar-refractivity contribution in [2.45, 2.75) is 46.3 Å². The van der Waals surface area contributed by atoms with Crippen LogP contribution in [0.1, 0.15) is 34.1 Å². The lowest BCUT2D eigenvalue weighted by Gasteiger charge is -2.16. The maximum absolute atomic E-state index is 5.37. The molecule has 0 radical (unpaired) electrons. The van der Waals surface area contributed by atoms with Gasteiger partial charge in [-0.1, -0.05) is 6.92 Å². The van der Waals surface area contributed by atoms with Crippen LogP contribution in [0.15, 0.2) is 0 Å². The van der Waals surface area contributed by atoms with Crippen LogP contribution in [0.4, 0.5) is 0 Å². The largest absolute Gasteiger partial charge is 0.377 e. The van der Waals surface area contributed by atoms with E-state index in [9.17, 15) is 0 Å². The molecule has 2 heteroatoms. The summed E-state index contributed by atoms with van der Waals surface area (Å²) in [6.07, 6.45) is 1.52. The van der Waals surface area contributed by atoms with Gasteiger partial charge in [0.2, 0.25) is 0 Å². The van der Waals surface area contributed by atoms with Crippen LogP contribution >= 0.6 is 0 Å². The Morgan fingerprint density at radius 2 is 1.91 bits per heavy atom. The van der Waals surface area contributed by atoms with Gasteiger partial charge in [0.15, 0.2) is 0 Å². The molecule has 0 saturated heterocycles. The van der Waals surface area contributed by atoms with E-state index in [1.54, 1.807) is 0 Å². The van der Waals surface area contributed by atoms with E-state index >= 15 is 0 Å². The van der Waals surface area contributed by atoms with E-state index in [-0.39, 0.29) is 0 Å². The summed E-state index contributed by atoms with van der Waals surface area (Å²) >= 11 is 0. The molecule has 2 atom stereocenters. The van der Waals surface area contributed by atoms with Crippen molar-refractivity contribution in [1.29, 1.82) is 0 Å². The molecule has 0 fully saturated rings. The monoisotopic (exact) mass is 159 g/mol. The van der Waals surface area contributed by atoms with Crippen molar-refractivity contribution in [3.63, 3.8) is 0 Å².